The second kappa shape index (κ2) is 9.37. The Balaban J connectivity index is 1.67. The van der Waals surface area contributed by atoms with Gasteiger partial charge in [0.2, 0.25) is 0 Å². The van der Waals surface area contributed by atoms with Crippen LogP contribution >= 0.6 is 11.3 Å². The van der Waals surface area contributed by atoms with Crippen LogP contribution in [0.25, 0.3) is 11.1 Å². The van der Waals surface area contributed by atoms with Crippen molar-refractivity contribution in [3.05, 3.63) is 88.4 Å². The number of hydrogen-bond donors (Lipinski definition) is 1. The van der Waals surface area contributed by atoms with Crippen LogP contribution in [-0.4, -0.2) is 20.9 Å². The second-order valence-corrected chi connectivity index (χ2v) is 7.99. The normalized spacial score (nSPS) is 10.4. The molecule has 0 aliphatic heterocycles. The number of hydrogen-bond acceptors (Lipinski definition) is 7. The standard InChI is InChI=1S/C24H19N5O2S/c1-15-3-4-22(20(7-15)11-25)18-8-19(10-21(9-18)31-24-26-5-6-32-24)23(30)29-14-17-12-27-16(2)28-13-17/h3-10,12-13H,14H2,1-2H3,(H,29,30). The molecule has 2 heterocycles. The summed E-state index contributed by atoms with van der Waals surface area (Å²) < 4.78 is 5.87. The quantitative estimate of drug-likeness (QED) is 0.461. The summed E-state index contributed by atoms with van der Waals surface area (Å²) >= 11 is 1.35. The van der Waals surface area contributed by atoms with Crippen LogP contribution in [0.2, 0.25) is 0 Å². The maximum atomic E-state index is 12.9. The minimum atomic E-state index is -0.276. The number of nitrogens with zero attached hydrogens (tertiary/aromatic N) is 4. The third-order valence-corrected chi connectivity index (χ3v) is 5.33. The fourth-order valence-corrected chi connectivity index (χ4v) is 3.61. The lowest BCUT2D eigenvalue weighted by Crippen LogP contribution is -2.23. The minimum absolute atomic E-state index is 0.276. The Bertz CT molecular complexity index is 1300. The first-order valence-corrected chi connectivity index (χ1v) is 10.7. The van der Waals surface area contributed by atoms with E-state index in [0.29, 0.717) is 40.0 Å². The van der Waals surface area contributed by atoms with Crippen LogP contribution in [0.15, 0.2) is 60.4 Å². The largest absolute Gasteiger partial charge is 0.431 e. The zero-order valence-corrected chi connectivity index (χ0v) is 18.3. The van der Waals surface area contributed by atoms with Crippen LogP contribution in [0.3, 0.4) is 0 Å². The van der Waals surface area contributed by atoms with Crippen molar-refractivity contribution in [1.82, 2.24) is 20.3 Å². The molecule has 0 saturated heterocycles. The van der Waals surface area contributed by atoms with E-state index in [1.54, 1.807) is 43.7 Å². The summed E-state index contributed by atoms with van der Waals surface area (Å²) in [4.78, 5) is 25.4. The summed E-state index contributed by atoms with van der Waals surface area (Å²) in [5.41, 5.74) is 4.15. The van der Waals surface area contributed by atoms with Crippen LogP contribution in [0.5, 0.6) is 10.9 Å². The van der Waals surface area contributed by atoms with Gasteiger partial charge in [0.15, 0.2) is 0 Å². The lowest BCUT2D eigenvalue weighted by atomic mass is 9.96. The second-order valence-electron chi connectivity index (χ2n) is 7.13. The van der Waals surface area contributed by atoms with Crippen molar-refractivity contribution in [3.63, 3.8) is 0 Å². The molecule has 4 rings (SSSR count). The lowest BCUT2D eigenvalue weighted by Gasteiger charge is -2.12. The van der Waals surface area contributed by atoms with Crippen LogP contribution in [-0.2, 0) is 6.54 Å². The zero-order chi connectivity index (χ0) is 22.5. The predicted molar refractivity (Wildman–Crippen MR) is 121 cm³/mol. The summed E-state index contributed by atoms with van der Waals surface area (Å²) in [5.74, 6) is 0.857. The molecule has 158 valence electrons. The summed E-state index contributed by atoms with van der Waals surface area (Å²) in [5, 5.41) is 14.8. The van der Waals surface area contributed by atoms with E-state index in [2.05, 4.69) is 26.3 Å². The van der Waals surface area contributed by atoms with Gasteiger partial charge < -0.3 is 10.1 Å². The maximum absolute atomic E-state index is 12.9. The van der Waals surface area contributed by atoms with Gasteiger partial charge in [0.05, 0.1) is 11.6 Å². The number of thiazole rings is 1. The zero-order valence-electron chi connectivity index (χ0n) is 17.5. The Labute approximate surface area is 189 Å². The number of carbonyl (C=O) groups is 1. The molecule has 1 N–H and O–H groups in total. The van der Waals surface area contributed by atoms with Crippen molar-refractivity contribution in [3.8, 4) is 28.1 Å². The van der Waals surface area contributed by atoms with E-state index >= 15 is 0 Å². The molecule has 2 aromatic carbocycles. The molecule has 0 saturated carbocycles. The highest BCUT2D eigenvalue weighted by Crippen LogP contribution is 2.32. The fraction of sp³-hybridized carbons (Fsp3) is 0.125. The number of carbonyl (C=O) groups excluding carboxylic acids is 1. The highest BCUT2D eigenvalue weighted by molar-refractivity contribution is 7.11. The number of amides is 1. The molecule has 0 aliphatic carbocycles. The molecular weight excluding hydrogens is 422 g/mol. The van der Waals surface area contributed by atoms with Gasteiger partial charge in [0.1, 0.15) is 11.6 Å². The molecule has 7 nitrogen and oxygen atoms in total. The van der Waals surface area contributed by atoms with Crippen LogP contribution in [0.4, 0.5) is 0 Å². The molecule has 0 spiro atoms. The van der Waals surface area contributed by atoms with Crippen molar-refractivity contribution < 1.29 is 9.53 Å². The number of nitriles is 1. The molecule has 0 atom stereocenters. The Morgan fingerprint density at radius 2 is 1.94 bits per heavy atom. The SMILES string of the molecule is Cc1ccc(-c2cc(Oc3nccs3)cc(C(=O)NCc3cnc(C)nc3)c2)c(C#N)c1. The highest BCUT2D eigenvalue weighted by Gasteiger charge is 2.14. The van der Waals surface area contributed by atoms with Crippen LogP contribution in [0.1, 0.15) is 32.9 Å². The molecule has 8 heteroatoms. The number of aromatic nitrogens is 3. The van der Waals surface area contributed by atoms with Gasteiger partial charge in [0, 0.05) is 41.6 Å². The molecule has 32 heavy (non-hydrogen) atoms. The van der Waals surface area contributed by atoms with Crippen molar-refractivity contribution in [2.24, 2.45) is 0 Å². The first-order chi connectivity index (χ1) is 15.5. The maximum Gasteiger partial charge on any atom is 0.278 e. The minimum Gasteiger partial charge on any atom is -0.431 e. The van der Waals surface area contributed by atoms with Crippen LogP contribution < -0.4 is 10.1 Å². The Kier molecular flexibility index (Phi) is 6.19. The smallest absolute Gasteiger partial charge is 0.278 e. The summed E-state index contributed by atoms with van der Waals surface area (Å²) in [6.07, 6.45) is 5.01. The van der Waals surface area contributed by atoms with E-state index in [4.69, 9.17) is 4.74 Å². The van der Waals surface area contributed by atoms with Gasteiger partial charge >= 0.3 is 0 Å². The number of rotatable bonds is 6. The third kappa shape index (κ3) is 4.96. The number of aryl methyl sites for hydroxylation is 2. The first-order valence-electron chi connectivity index (χ1n) is 9.81. The average Bonchev–Trinajstić information content (AvgIpc) is 3.31. The van der Waals surface area contributed by atoms with Crippen LogP contribution in [0, 0.1) is 25.2 Å². The summed E-state index contributed by atoms with van der Waals surface area (Å²) in [6.45, 7) is 4.03. The van der Waals surface area contributed by atoms with Gasteiger partial charge in [-0.3, -0.25) is 4.79 Å². The molecule has 1 amide bonds. The molecule has 2 aromatic heterocycles. The van der Waals surface area contributed by atoms with Gasteiger partial charge in [-0.25, -0.2) is 15.0 Å². The lowest BCUT2D eigenvalue weighted by molar-refractivity contribution is 0.0950. The topological polar surface area (TPSA) is 101 Å². The first kappa shape index (κ1) is 21.2. The molecule has 0 fully saturated rings. The number of benzene rings is 2. The third-order valence-electron chi connectivity index (χ3n) is 4.68. The molecule has 4 aromatic rings. The summed E-state index contributed by atoms with van der Waals surface area (Å²) in [6, 6.07) is 13.1. The number of ether oxygens (including phenoxy) is 1. The van der Waals surface area contributed by atoms with Gasteiger partial charge in [-0.1, -0.05) is 23.5 Å². The molecule has 0 aliphatic rings. The average molecular weight is 442 g/mol. The van der Waals surface area contributed by atoms with Gasteiger partial charge in [0.25, 0.3) is 11.1 Å². The Hall–Kier alpha value is -4.09. The molecular formula is C24H19N5O2S. The van der Waals surface area contributed by atoms with Gasteiger partial charge in [-0.05, 0) is 54.8 Å². The number of nitrogens with one attached hydrogen (secondary N) is 1. The van der Waals surface area contributed by atoms with Crippen molar-refractivity contribution in [2.45, 2.75) is 20.4 Å². The molecule has 0 radical (unpaired) electrons. The monoisotopic (exact) mass is 441 g/mol. The van der Waals surface area contributed by atoms with Gasteiger partial charge in [-0.15, -0.1) is 0 Å². The van der Waals surface area contributed by atoms with E-state index < -0.39 is 0 Å². The van der Waals surface area contributed by atoms with Gasteiger partial charge in [-0.2, -0.15) is 5.26 Å². The van der Waals surface area contributed by atoms with E-state index in [9.17, 15) is 10.1 Å². The van der Waals surface area contributed by atoms with E-state index in [0.717, 1.165) is 16.7 Å². The van der Waals surface area contributed by atoms with Crippen molar-refractivity contribution in [2.75, 3.05) is 0 Å². The van der Waals surface area contributed by atoms with E-state index in [-0.39, 0.29) is 5.91 Å². The van der Waals surface area contributed by atoms with Crippen molar-refractivity contribution in [1.29, 1.82) is 5.26 Å². The predicted octanol–water partition coefficient (Wildman–Crippen LogP) is 4.81. The molecule has 0 bridgehead atoms. The summed E-state index contributed by atoms with van der Waals surface area (Å²) in [7, 11) is 0. The van der Waals surface area contributed by atoms with E-state index in [1.807, 2.05) is 30.5 Å². The molecule has 0 unspecified atom stereocenters. The fourth-order valence-electron chi connectivity index (χ4n) is 3.10. The van der Waals surface area contributed by atoms with E-state index in [1.165, 1.54) is 11.3 Å². The van der Waals surface area contributed by atoms with Crippen molar-refractivity contribution >= 4 is 17.2 Å². The Morgan fingerprint density at radius 1 is 1.12 bits per heavy atom. The highest BCUT2D eigenvalue weighted by atomic mass is 32.1. The Morgan fingerprint density at radius 3 is 2.66 bits per heavy atom.